The standard InChI is InChI=1S/C11H16FN3S/c12-11-9-10(1-2-14-11)13-3-4-15-5-7-16-8-6-15/h1-2,9H,3-8H2,(H,13,14). The molecule has 0 atom stereocenters. The molecule has 0 aliphatic carbocycles. The molecule has 1 aromatic rings. The Hall–Kier alpha value is -0.810. The topological polar surface area (TPSA) is 28.2 Å². The van der Waals surface area contributed by atoms with Crippen molar-refractivity contribution in [1.29, 1.82) is 0 Å². The summed E-state index contributed by atoms with van der Waals surface area (Å²) in [6, 6.07) is 3.21. The number of nitrogens with one attached hydrogen (secondary N) is 1. The average Bonchev–Trinajstić information content (AvgIpc) is 2.30. The molecule has 1 aliphatic rings. The number of halogens is 1. The van der Waals surface area contributed by atoms with Crippen molar-refractivity contribution >= 4 is 17.4 Å². The summed E-state index contributed by atoms with van der Waals surface area (Å²) >= 11 is 2.01. The molecule has 88 valence electrons. The second-order valence-corrected chi connectivity index (χ2v) is 4.97. The first-order chi connectivity index (χ1) is 7.84. The van der Waals surface area contributed by atoms with Crippen LogP contribution in [-0.2, 0) is 0 Å². The molecule has 1 N–H and O–H groups in total. The van der Waals surface area contributed by atoms with Crippen molar-refractivity contribution in [3.63, 3.8) is 0 Å². The summed E-state index contributed by atoms with van der Waals surface area (Å²) in [6.45, 7) is 4.20. The van der Waals surface area contributed by atoms with Crippen molar-refractivity contribution in [2.75, 3.05) is 43.0 Å². The van der Waals surface area contributed by atoms with Crippen LogP contribution in [-0.4, -0.2) is 47.6 Å². The fraction of sp³-hybridized carbons (Fsp3) is 0.545. The molecule has 0 spiro atoms. The highest BCUT2D eigenvalue weighted by Gasteiger charge is 2.09. The van der Waals surface area contributed by atoms with Gasteiger partial charge in [-0.2, -0.15) is 16.2 Å². The molecular formula is C11H16FN3S. The quantitative estimate of drug-likeness (QED) is 0.812. The maximum atomic E-state index is 12.8. The Balaban J connectivity index is 1.71. The Morgan fingerprint density at radius 2 is 2.25 bits per heavy atom. The van der Waals surface area contributed by atoms with Crippen LogP contribution in [0.25, 0.3) is 0 Å². The third-order valence-electron chi connectivity index (χ3n) is 2.59. The summed E-state index contributed by atoms with van der Waals surface area (Å²) < 4.78 is 12.8. The van der Waals surface area contributed by atoms with E-state index in [4.69, 9.17) is 0 Å². The zero-order valence-corrected chi connectivity index (χ0v) is 9.97. The van der Waals surface area contributed by atoms with Crippen LogP contribution in [0.15, 0.2) is 18.3 Å². The number of hydrogen-bond donors (Lipinski definition) is 1. The lowest BCUT2D eigenvalue weighted by Gasteiger charge is -2.26. The van der Waals surface area contributed by atoms with Gasteiger partial charge in [-0.1, -0.05) is 0 Å². The fourth-order valence-corrected chi connectivity index (χ4v) is 2.67. The summed E-state index contributed by atoms with van der Waals surface area (Å²) in [5.41, 5.74) is 0.805. The predicted molar refractivity (Wildman–Crippen MR) is 66.4 cm³/mol. The number of rotatable bonds is 4. The molecule has 0 unspecified atom stereocenters. The monoisotopic (exact) mass is 241 g/mol. The second kappa shape index (κ2) is 6.06. The van der Waals surface area contributed by atoms with Gasteiger partial charge in [0.25, 0.3) is 0 Å². The second-order valence-electron chi connectivity index (χ2n) is 3.75. The van der Waals surface area contributed by atoms with Gasteiger partial charge in [-0.25, -0.2) is 4.98 Å². The van der Waals surface area contributed by atoms with Gasteiger partial charge < -0.3 is 5.32 Å². The van der Waals surface area contributed by atoms with Gasteiger partial charge in [-0.15, -0.1) is 0 Å². The first-order valence-electron chi connectivity index (χ1n) is 5.50. The zero-order chi connectivity index (χ0) is 11.2. The van der Waals surface area contributed by atoms with Crippen LogP contribution in [0.4, 0.5) is 10.1 Å². The fourth-order valence-electron chi connectivity index (χ4n) is 1.70. The minimum atomic E-state index is -0.431. The largest absolute Gasteiger partial charge is 0.384 e. The third kappa shape index (κ3) is 3.64. The van der Waals surface area contributed by atoms with E-state index >= 15 is 0 Å². The zero-order valence-electron chi connectivity index (χ0n) is 9.16. The molecule has 2 heterocycles. The van der Waals surface area contributed by atoms with Crippen molar-refractivity contribution in [2.45, 2.75) is 0 Å². The van der Waals surface area contributed by atoms with Crippen molar-refractivity contribution in [3.8, 4) is 0 Å². The van der Waals surface area contributed by atoms with Crippen molar-refractivity contribution < 1.29 is 4.39 Å². The minimum Gasteiger partial charge on any atom is -0.384 e. The van der Waals surface area contributed by atoms with Gasteiger partial charge in [0.15, 0.2) is 0 Å². The molecule has 0 aromatic carbocycles. The molecule has 0 radical (unpaired) electrons. The summed E-state index contributed by atoms with van der Waals surface area (Å²) in [5, 5.41) is 3.20. The van der Waals surface area contributed by atoms with E-state index < -0.39 is 5.95 Å². The Kier molecular flexibility index (Phi) is 4.42. The average molecular weight is 241 g/mol. The first kappa shape index (κ1) is 11.7. The van der Waals surface area contributed by atoms with E-state index in [1.165, 1.54) is 23.8 Å². The Bertz CT molecular complexity index is 329. The summed E-state index contributed by atoms with van der Waals surface area (Å²) in [6.07, 6.45) is 1.48. The highest BCUT2D eigenvalue weighted by molar-refractivity contribution is 7.99. The lowest BCUT2D eigenvalue weighted by Crippen LogP contribution is -2.36. The molecule has 0 saturated carbocycles. The van der Waals surface area contributed by atoms with E-state index in [9.17, 15) is 4.39 Å². The van der Waals surface area contributed by atoms with Gasteiger partial charge in [-0.3, -0.25) is 4.90 Å². The first-order valence-corrected chi connectivity index (χ1v) is 6.65. The van der Waals surface area contributed by atoms with Crippen molar-refractivity contribution in [1.82, 2.24) is 9.88 Å². The normalized spacial score (nSPS) is 17.3. The molecule has 1 fully saturated rings. The van der Waals surface area contributed by atoms with Crippen molar-refractivity contribution in [2.24, 2.45) is 0 Å². The molecule has 16 heavy (non-hydrogen) atoms. The van der Waals surface area contributed by atoms with Gasteiger partial charge in [0, 0.05) is 55.6 Å². The maximum absolute atomic E-state index is 12.8. The Labute approximate surface area is 99.4 Å². The number of nitrogens with zero attached hydrogens (tertiary/aromatic N) is 2. The smallest absolute Gasteiger partial charge is 0.214 e. The molecule has 0 bridgehead atoms. The van der Waals surface area contributed by atoms with Crippen LogP contribution in [0.5, 0.6) is 0 Å². The van der Waals surface area contributed by atoms with Gasteiger partial charge >= 0.3 is 0 Å². The minimum absolute atomic E-state index is 0.431. The number of pyridine rings is 1. The Morgan fingerprint density at radius 1 is 1.44 bits per heavy atom. The van der Waals surface area contributed by atoms with Crippen LogP contribution in [0.1, 0.15) is 0 Å². The molecule has 1 aromatic heterocycles. The predicted octanol–water partition coefficient (Wildman–Crippen LogP) is 1.68. The van der Waals surface area contributed by atoms with Crippen LogP contribution in [0.3, 0.4) is 0 Å². The number of aromatic nitrogens is 1. The van der Waals surface area contributed by atoms with E-state index in [0.717, 1.165) is 31.9 Å². The van der Waals surface area contributed by atoms with Gasteiger partial charge in [-0.05, 0) is 6.07 Å². The van der Waals surface area contributed by atoms with Crippen LogP contribution < -0.4 is 5.32 Å². The van der Waals surface area contributed by atoms with Gasteiger partial charge in [0.05, 0.1) is 0 Å². The van der Waals surface area contributed by atoms with E-state index in [1.807, 2.05) is 11.8 Å². The highest BCUT2D eigenvalue weighted by Crippen LogP contribution is 2.09. The van der Waals surface area contributed by atoms with Gasteiger partial charge in [0.1, 0.15) is 0 Å². The summed E-state index contributed by atoms with van der Waals surface area (Å²) in [5.74, 6) is 2.02. The Morgan fingerprint density at radius 3 is 3.00 bits per heavy atom. The number of thioether (sulfide) groups is 1. The molecule has 0 amide bonds. The molecule has 3 nitrogen and oxygen atoms in total. The van der Waals surface area contributed by atoms with Crippen LogP contribution >= 0.6 is 11.8 Å². The number of anilines is 1. The third-order valence-corrected chi connectivity index (χ3v) is 3.53. The lowest BCUT2D eigenvalue weighted by atomic mass is 10.4. The van der Waals surface area contributed by atoms with Crippen molar-refractivity contribution in [3.05, 3.63) is 24.3 Å². The summed E-state index contributed by atoms with van der Waals surface area (Å²) in [7, 11) is 0. The van der Waals surface area contributed by atoms with Crippen LogP contribution in [0.2, 0.25) is 0 Å². The maximum Gasteiger partial charge on any atom is 0.214 e. The van der Waals surface area contributed by atoms with E-state index in [0.29, 0.717) is 0 Å². The van der Waals surface area contributed by atoms with E-state index in [-0.39, 0.29) is 0 Å². The molecule has 2 rings (SSSR count). The molecule has 1 aliphatic heterocycles. The number of hydrogen-bond acceptors (Lipinski definition) is 4. The SMILES string of the molecule is Fc1cc(NCCN2CCSCC2)ccn1. The molecule has 1 saturated heterocycles. The lowest BCUT2D eigenvalue weighted by molar-refractivity contribution is 0.314. The molecule has 5 heteroatoms. The highest BCUT2D eigenvalue weighted by atomic mass is 32.2. The summed E-state index contributed by atoms with van der Waals surface area (Å²) in [4.78, 5) is 5.95. The van der Waals surface area contributed by atoms with E-state index in [2.05, 4.69) is 15.2 Å². The van der Waals surface area contributed by atoms with Gasteiger partial charge in [0.2, 0.25) is 5.95 Å². The molecular weight excluding hydrogens is 225 g/mol. The van der Waals surface area contributed by atoms with Crippen LogP contribution in [0, 0.1) is 5.95 Å². The van der Waals surface area contributed by atoms with E-state index in [1.54, 1.807) is 6.07 Å².